The molecular weight excluding hydrogens is 506 g/mol. The Kier molecular flexibility index (Phi) is 9.08. The smallest absolute Gasteiger partial charge is 0.244 e. The van der Waals surface area contributed by atoms with E-state index in [0.717, 1.165) is 31.7 Å². The minimum atomic E-state index is -3.75. The number of amides is 2. The molecule has 0 aliphatic rings. The minimum Gasteiger partial charge on any atom is -0.352 e. The zero-order valence-corrected chi connectivity index (χ0v) is 22.3. The van der Waals surface area contributed by atoms with Gasteiger partial charge < -0.3 is 10.2 Å². The number of nitrogens with zero attached hydrogens (tertiary/aromatic N) is 2. The van der Waals surface area contributed by atoms with Gasteiger partial charge in [-0.2, -0.15) is 0 Å². The summed E-state index contributed by atoms with van der Waals surface area (Å²) in [6.45, 7) is 8.81. The van der Waals surface area contributed by atoms with E-state index in [0.29, 0.717) is 5.69 Å². The van der Waals surface area contributed by atoms with Crippen molar-refractivity contribution in [2.75, 3.05) is 17.1 Å². The highest BCUT2D eigenvalue weighted by Gasteiger charge is 2.30. The molecule has 0 fully saturated rings. The SMILES string of the molecule is Cc1cccc(N(CC(=O)N(Cc2cccc(Br)c2)[C@H](C)C(=O)NC(C)C)S(C)(=O)=O)c1C. The number of carbonyl (C=O) groups excluding carboxylic acids is 2. The average molecular weight is 539 g/mol. The van der Waals surface area contributed by atoms with Crippen molar-refractivity contribution in [1.29, 1.82) is 0 Å². The Hall–Kier alpha value is -2.39. The Morgan fingerprint density at radius 2 is 1.70 bits per heavy atom. The van der Waals surface area contributed by atoms with E-state index < -0.39 is 28.5 Å². The number of hydrogen-bond acceptors (Lipinski definition) is 4. The fraction of sp³-hybridized carbons (Fsp3) is 0.417. The van der Waals surface area contributed by atoms with Crippen LogP contribution in [0.5, 0.6) is 0 Å². The van der Waals surface area contributed by atoms with Crippen molar-refractivity contribution in [1.82, 2.24) is 10.2 Å². The van der Waals surface area contributed by atoms with Crippen molar-refractivity contribution in [3.8, 4) is 0 Å². The molecule has 0 aliphatic carbocycles. The van der Waals surface area contributed by atoms with Gasteiger partial charge in [0, 0.05) is 17.1 Å². The molecule has 2 aromatic rings. The fourth-order valence-electron chi connectivity index (χ4n) is 3.42. The lowest BCUT2D eigenvalue weighted by Crippen LogP contribution is -2.52. The first-order chi connectivity index (χ1) is 15.3. The molecule has 2 amide bonds. The summed E-state index contributed by atoms with van der Waals surface area (Å²) in [5, 5.41) is 2.83. The number of aryl methyl sites for hydroxylation is 1. The molecule has 0 aromatic heterocycles. The summed E-state index contributed by atoms with van der Waals surface area (Å²) in [4.78, 5) is 27.7. The van der Waals surface area contributed by atoms with Crippen LogP contribution in [0.25, 0.3) is 0 Å². The first-order valence-electron chi connectivity index (χ1n) is 10.7. The van der Waals surface area contributed by atoms with E-state index >= 15 is 0 Å². The van der Waals surface area contributed by atoms with E-state index in [-0.39, 0.29) is 18.5 Å². The molecule has 0 aliphatic heterocycles. The monoisotopic (exact) mass is 537 g/mol. The number of sulfonamides is 1. The number of nitrogens with one attached hydrogen (secondary N) is 1. The summed E-state index contributed by atoms with van der Waals surface area (Å²) in [6.07, 6.45) is 1.08. The molecule has 0 radical (unpaired) electrons. The summed E-state index contributed by atoms with van der Waals surface area (Å²) >= 11 is 3.43. The Labute approximate surface area is 205 Å². The summed E-state index contributed by atoms with van der Waals surface area (Å²) in [6, 6.07) is 11.9. The Morgan fingerprint density at radius 3 is 2.27 bits per heavy atom. The number of carbonyl (C=O) groups is 2. The third-order valence-electron chi connectivity index (χ3n) is 5.36. The van der Waals surface area contributed by atoms with Gasteiger partial charge in [-0.25, -0.2) is 8.42 Å². The van der Waals surface area contributed by atoms with Gasteiger partial charge in [0.2, 0.25) is 21.8 Å². The van der Waals surface area contributed by atoms with Crippen LogP contribution in [0.15, 0.2) is 46.9 Å². The molecule has 0 unspecified atom stereocenters. The molecule has 180 valence electrons. The van der Waals surface area contributed by atoms with Gasteiger partial charge in [0.05, 0.1) is 11.9 Å². The fourth-order valence-corrected chi connectivity index (χ4v) is 4.77. The van der Waals surface area contributed by atoms with Gasteiger partial charge in [-0.05, 0) is 69.5 Å². The molecule has 0 saturated carbocycles. The van der Waals surface area contributed by atoms with Crippen LogP contribution in [-0.4, -0.2) is 50.0 Å². The maximum atomic E-state index is 13.5. The summed E-state index contributed by atoms with van der Waals surface area (Å²) in [7, 11) is -3.75. The van der Waals surface area contributed by atoms with Gasteiger partial charge in [0.15, 0.2) is 0 Å². The van der Waals surface area contributed by atoms with Crippen LogP contribution in [0.1, 0.15) is 37.5 Å². The molecule has 2 rings (SSSR count). The number of anilines is 1. The lowest BCUT2D eigenvalue weighted by atomic mass is 10.1. The van der Waals surface area contributed by atoms with E-state index in [4.69, 9.17) is 0 Å². The number of benzene rings is 2. The van der Waals surface area contributed by atoms with Crippen molar-refractivity contribution >= 4 is 43.5 Å². The quantitative estimate of drug-likeness (QED) is 0.527. The lowest BCUT2D eigenvalue weighted by Gasteiger charge is -2.32. The van der Waals surface area contributed by atoms with E-state index in [1.54, 1.807) is 19.1 Å². The van der Waals surface area contributed by atoms with E-state index in [1.165, 1.54) is 4.90 Å². The highest BCUT2D eigenvalue weighted by atomic mass is 79.9. The van der Waals surface area contributed by atoms with Crippen LogP contribution >= 0.6 is 15.9 Å². The third kappa shape index (κ3) is 7.30. The highest BCUT2D eigenvalue weighted by molar-refractivity contribution is 9.10. The normalized spacial score (nSPS) is 12.4. The lowest BCUT2D eigenvalue weighted by molar-refractivity contribution is -0.139. The average Bonchev–Trinajstić information content (AvgIpc) is 2.70. The van der Waals surface area contributed by atoms with Gasteiger partial charge >= 0.3 is 0 Å². The van der Waals surface area contributed by atoms with Gasteiger partial charge in [-0.3, -0.25) is 13.9 Å². The third-order valence-corrected chi connectivity index (χ3v) is 6.98. The van der Waals surface area contributed by atoms with Crippen molar-refractivity contribution in [3.05, 3.63) is 63.6 Å². The molecule has 1 N–H and O–H groups in total. The van der Waals surface area contributed by atoms with E-state index in [2.05, 4.69) is 21.2 Å². The first-order valence-corrected chi connectivity index (χ1v) is 13.3. The van der Waals surface area contributed by atoms with Crippen LogP contribution in [0.2, 0.25) is 0 Å². The van der Waals surface area contributed by atoms with Crippen LogP contribution in [0, 0.1) is 13.8 Å². The van der Waals surface area contributed by atoms with Crippen LogP contribution in [0.3, 0.4) is 0 Å². The Balaban J connectivity index is 2.44. The molecule has 2 aromatic carbocycles. The number of rotatable bonds is 9. The van der Waals surface area contributed by atoms with Crippen molar-refractivity contribution in [2.45, 2.75) is 53.2 Å². The van der Waals surface area contributed by atoms with E-state index in [9.17, 15) is 18.0 Å². The van der Waals surface area contributed by atoms with Crippen LogP contribution in [-0.2, 0) is 26.2 Å². The Morgan fingerprint density at radius 1 is 1.06 bits per heavy atom. The zero-order chi connectivity index (χ0) is 24.9. The van der Waals surface area contributed by atoms with Crippen LogP contribution < -0.4 is 9.62 Å². The Bertz CT molecular complexity index is 1120. The number of hydrogen-bond donors (Lipinski definition) is 1. The molecule has 33 heavy (non-hydrogen) atoms. The summed E-state index contributed by atoms with van der Waals surface area (Å²) < 4.78 is 27.3. The van der Waals surface area contributed by atoms with Gasteiger partial charge in [-0.1, -0.05) is 40.2 Å². The standard InChI is InChI=1S/C24H32BrN3O4S/c1-16(2)26-24(30)19(5)27(14-20-10-8-11-21(25)13-20)23(29)15-28(33(6,31)32)22-12-7-9-17(3)18(22)4/h7-13,16,19H,14-15H2,1-6H3,(H,26,30)/t19-/m1/s1. The van der Waals surface area contributed by atoms with Crippen molar-refractivity contribution in [3.63, 3.8) is 0 Å². The predicted molar refractivity (Wildman–Crippen MR) is 136 cm³/mol. The van der Waals surface area contributed by atoms with Crippen LogP contribution in [0.4, 0.5) is 5.69 Å². The number of halogens is 1. The molecule has 0 bridgehead atoms. The maximum Gasteiger partial charge on any atom is 0.244 e. The first kappa shape index (κ1) is 26.9. The predicted octanol–water partition coefficient (Wildman–Crippen LogP) is 3.77. The van der Waals surface area contributed by atoms with Gasteiger partial charge in [0.1, 0.15) is 12.6 Å². The second kappa shape index (κ2) is 11.2. The molecule has 1 atom stereocenters. The van der Waals surface area contributed by atoms with E-state index in [1.807, 2.05) is 58.0 Å². The summed E-state index contributed by atoms with van der Waals surface area (Å²) in [5.41, 5.74) is 2.97. The van der Waals surface area contributed by atoms with Gasteiger partial charge in [-0.15, -0.1) is 0 Å². The zero-order valence-electron chi connectivity index (χ0n) is 19.9. The molecular formula is C24H32BrN3O4S. The van der Waals surface area contributed by atoms with Crippen molar-refractivity contribution in [2.24, 2.45) is 0 Å². The second-order valence-electron chi connectivity index (χ2n) is 8.48. The maximum absolute atomic E-state index is 13.5. The largest absolute Gasteiger partial charge is 0.352 e. The topological polar surface area (TPSA) is 86.8 Å². The highest BCUT2D eigenvalue weighted by Crippen LogP contribution is 2.25. The summed E-state index contributed by atoms with van der Waals surface area (Å²) in [5.74, 6) is -0.765. The molecule has 0 heterocycles. The van der Waals surface area contributed by atoms with Gasteiger partial charge in [0.25, 0.3) is 0 Å². The molecule has 0 spiro atoms. The minimum absolute atomic E-state index is 0.0924. The molecule has 9 heteroatoms. The second-order valence-corrected chi connectivity index (χ2v) is 11.3. The molecule has 7 nitrogen and oxygen atoms in total. The van der Waals surface area contributed by atoms with Crippen molar-refractivity contribution < 1.29 is 18.0 Å². The molecule has 0 saturated heterocycles.